The molecule has 0 spiro atoms. The lowest BCUT2D eigenvalue weighted by Crippen LogP contribution is -2.24. The predicted molar refractivity (Wildman–Crippen MR) is 67.3 cm³/mol. The molecule has 0 atom stereocenters. The Morgan fingerprint density at radius 1 is 1.28 bits per heavy atom. The van der Waals surface area contributed by atoms with E-state index >= 15 is 0 Å². The van der Waals surface area contributed by atoms with Crippen molar-refractivity contribution in [2.24, 2.45) is 0 Å². The molecule has 0 saturated heterocycles. The Balaban J connectivity index is 2.52. The number of nitrogens with one attached hydrogen (secondary N) is 1. The van der Waals surface area contributed by atoms with Crippen LogP contribution in [0.3, 0.4) is 0 Å². The summed E-state index contributed by atoms with van der Waals surface area (Å²) >= 11 is 6.01. The first-order valence-corrected chi connectivity index (χ1v) is 5.56. The molecule has 0 aliphatic carbocycles. The third kappa shape index (κ3) is 1.60. The first-order chi connectivity index (χ1) is 8.54. The van der Waals surface area contributed by atoms with Gasteiger partial charge in [-0.3, -0.25) is 9.78 Å². The zero-order valence-electron chi connectivity index (χ0n) is 9.28. The number of halogens is 1. The topological polar surface area (TPSA) is 76.0 Å². The quantitative estimate of drug-likeness (QED) is 0.628. The Kier molecular flexibility index (Phi) is 2.24. The lowest BCUT2D eigenvalue weighted by molar-refractivity contribution is 0.591. The SMILES string of the molecule is Cc1cc2oc3nc(=O)[nH]c(=O)c-3cc2cc1Cl. The van der Waals surface area contributed by atoms with Crippen LogP contribution >= 0.6 is 11.6 Å². The summed E-state index contributed by atoms with van der Waals surface area (Å²) in [6.45, 7) is 1.84. The van der Waals surface area contributed by atoms with E-state index in [1.807, 2.05) is 6.92 Å². The maximum absolute atomic E-state index is 11.6. The van der Waals surface area contributed by atoms with E-state index in [1.54, 1.807) is 18.2 Å². The second-order valence-electron chi connectivity index (χ2n) is 3.98. The molecule has 0 amide bonds. The summed E-state index contributed by atoms with van der Waals surface area (Å²) in [6.07, 6.45) is 0. The largest absolute Gasteiger partial charge is 0.437 e. The van der Waals surface area contributed by atoms with Gasteiger partial charge in [-0.25, -0.2) is 4.79 Å². The van der Waals surface area contributed by atoms with E-state index in [-0.39, 0.29) is 11.5 Å². The van der Waals surface area contributed by atoms with Crippen molar-refractivity contribution in [3.63, 3.8) is 0 Å². The van der Waals surface area contributed by atoms with Gasteiger partial charge in [0.25, 0.3) is 5.56 Å². The van der Waals surface area contributed by atoms with E-state index in [1.165, 1.54) is 0 Å². The Morgan fingerprint density at radius 3 is 2.83 bits per heavy atom. The minimum absolute atomic E-state index is 0.0259. The lowest BCUT2D eigenvalue weighted by Gasteiger charge is -2.06. The van der Waals surface area contributed by atoms with Gasteiger partial charge in [0.05, 0.1) is 0 Å². The summed E-state index contributed by atoms with van der Waals surface area (Å²) in [5.41, 5.74) is 0.358. The molecule has 2 heterocycles. The number of aromatic nitrogens is 2. The summed E-state index contributed by atoms with van der Waals surface area (Å²) in [5, 5.41) is 1.27. The molecule has 1 N–H and O–H groups in total. The fourth-order valence-electron chi connectivity index (χ4n) is 1.78. The van der Waals surface area contributed by atoms with Gasteiger partial charge in [0.2, 0.25) is 5.89 Å². The van der Waals surface area contributed by atoms with Crippen molar-refractivity contribution in [1.29, 1.82) is 0 Å². The maximum Gasteiger partial charge on any atom is 0.351 e. The number of hydrogen-bond acceptors (Lipinski definition) is 4. The number of rotatable bonds is 0. The molecule has 3 rings (SSSR count). The lowest BCUT2D eigenvalue weighted by atomic mass is 10.1. The van der Waals surface area contributed by atoms with Crippen LogP contribution in [-0.4, -0.2) is 9.97 Å². The molecule has 18 heavy (non-hydrogen) atoms. The van der Waals surface area contributed by atoms with Crippen LogP contribution in [0.4, 0.5) is 0 Å². The predicted octanol–water partition coefficient (Wildman–Crippen LogP) is 1.94. The van der Waals surface area contributed by atoms with E-state index in [2.05, 4.69) is 9.97 Å². The van der Waals surface area contributed by atoms with Crippen molar-refractivity contribution in [2.75, 3.05) is 0 Å². The summed E-state index contributed by atoms with van der Waals surface area (Å²) in [5.74, 6) is 0.0259. The van der Waals surface area contributed by atoms with Crippen LogP contribution in [0.2, 0.25) is 5.02 Å². The number of aromatic amines is 1. The van der Waals surface area contributed by atoms with Crippen molar-refractivity contribution in [3.05, 3.63) is 49.6 Å². The summed E-state index contributed by atoms with van der Waals surface area (Å²) in [4.78, 5) is 28.4. The highest BCUT2D eigenvalue weighted by atomic mass is 35.5. The second kappa shape index (κ2) is 3.68. The third-order valence-corrected chi connectivity index (χ3v) is 3.10. The Hall–Kier alpha value is -2.14. The molecule has 6 heteroatoms. The first kappa shape index (κ1) is 11.0. The fourth-order valence-corrected chi connectivity index (χ4v) is 1.95. The molecule has 5 nitrogen and oxygen atoms in total. The van der Waals surface area contributed by atoms with Crippen molar-refractivity contribution in [3.8, 4) is 11.5 Å². The molecule has 1 aromatic carbocycles. The number of benzene rings is 1. The highest BCUT2D eigenvalue weighted by molar-refractivity contribution is 6.32. The monoisotopic (exact) mass is 262 g/mol. The maximum atomic E-state index is 11.6. The summed E-state index contributed by atoms with van der Waals surface area (Å²) in [7, 11) is 0. The van der Waals surface area contributed by atoms with Gasteiger partial charge < -0.3 is 4.42 Å². The number of fused-ring (bicyclic) bond motifs is 2. The van der Waals surface area contributed by atoms with Gasteiger partial charge in [0, 0.05) is 10.4 Å². The number of hydrogen-bond donors (Lipinski definition) is 1. The summed E-state index contributed by atoms with van der Waals surface area (Å²) < 4.78 is 5.45. The van der Waals surface area contributed by atoms with Crippen LogP contribution in [0.15, 0.2) is 32.2 Å². The average molecular weight is 263 g/mol. The van der Waals surface area contributed by atoms with Gasteiger partial charge in [-0.2, -0.15) is 4.98 Å². The molecule has 2 aliphatic rings. The van der Waals surface area contributed by atoms with Gasteiger partial charge in [0.1, 0.15) is 11.1 Å². The zero-order chi connectivity index (χ0) is 12.9. The van der Waals surface area contributed by atoms with Crippen molar-refractivity contribution in [1.82, 2.24) is 9.97 Å². The van der Waals surface area contributed by atoms with Crippen LogP contribution in [0.5, 0.6) is 0 Å². The molecule has 0 fully saturated rings. The molecule has 0 bridgehead atoms. The van der Waals surface area contributed by atoms with Crippen LogP contribution in [0, 0.1) is 6.92 Å². The van der Waals surface area contributed by atoms with E-state index in [0.29, 0.717) is 16.0 Å². The Morgan fingerprint density at radius 2 is 2.06 bits per heavy atom. The molecule has 0 saturated carbocycles. The van der Waals surface area contributed by atoms with Gasteiger partial charge in [-0.1, -0.05) is 11.6 Å². The Labute approximate surface area is 105 Å². The van der Waals surface area contributed by atoms with Crippen molar-refractivity contribution in [2.45, 2.75) is 6.92 Å². The van der Waals surface area contributed by atoms with E-state index in [4.69, 9.17) is 16.0 Å². The van der Waals surface area contributed by atoms with Gasteiger partial charge in [-0.15, -0.1) is 0 Å². The molecule has 0 aromatic heterocycles. The second-order valence-corrected chi connectivity index (χ2v) is 4.38. The van der Waals surface area contributed by atoms with Crippen LogP contribution in [0.25, 0.3) is 22.4 Å². The zero-order valence-corrected chi connectivity index (χ0v) is 10.0. The average Bonchev–Trinajstić information content (AvgIpc) is 2.29. The number of nitrogens with zero attached hydrogens (tertiary/aromatic N) is 1. The molecule has 90 valence electrons. The highest BCUT2D eigenvalue weighted by Crippen LogP contribution is 2.27. The summed E-state index contributed by atoms with van der Waals surface area (Å²) in [6, 6.07) is 5.05. The van der Waals surface area contributed by atoms with Gasteiger partial charge in [0.15, 0.2) is 0 Å². The third-order valence-electron chi connectivity index (χ3n) is 2.70. The molecule has 0 radical (unpaired) electrons. The van der Waals surface area contributed by atoms with E-state index < -0.39 is 11.2 Å². The van der Waals surface area contributed by atoms with Crippen molar-refractivity contribution < 1.29 is 4.42 Å². The number of aryl methyl sites for hydroxylation is 1. The van der Waals surface area contributed by atoms with E-state index in [9.17, 15) is 9.59 Å². The minimum Gasteiger partial charge on any atom is -0.437 e. The molecule has 2 aliphatic heterocycles. The van der Waals surface area contributed by atoms with Gasteiger partial charge in [-0.05, 0) is 30.7 Å². The molecular formula is C12H7ClN2O3. The molecule has 1 aromatic rings. The van der Waals surface area contributed by atoms with Crippen LogP contribution in [-0.2, 0) is 0 Å². The van der Waals surface area contributed by atoms with Crippen molar-refractivity contribution >= 4 is 22.6 Å². The Bertz CT molecular complexity index is 850. The molecular weight excluding hydrogens is 256 g/mol. The standard InChI is InChI=1S/C12H7ClN2O3/c1-5-2-9-6(4-8(5)13)3-7-10(16)14-12(17)15-11(7)18-9/h2-4H,1H3,(H,14,16,17). The van der Waals surface area contributed by atoms with Crippen LogP contribution < -0.4 is 11.2 Å². The highest BCUT2D eigenvalue weighted by Gasteiger charge is 2.14. The normalized spacial score (nSPS) is 11.2. The fraction of sp³-hybridized carbons (Fsp3) is 0.0833. The van der Waals surface area contributed by atoms with Gasteiger partial charge >= 0.3 is 5.69 Å². The van der Waals surface area contributed by atoms with E-state index in [0.717, 1.165) is 5.56 Å². The van der Waals surface area contributed by atoms with Crippen LogP contribution in [0.1, 0.15) is 5.56 Å². The molecule has 0 unspecified atom stereocenters. The minimum atomic E-state index is -0.721. The number of H-pyrrole nitrogens is 1. The smallest absolute Gasteiger partial charge is 0.351 e. The first-order valence-electron chi connectivity index (χ1n) is 5.18.